The largest absolute Gasteiger partial charge is 0.469 e. The number of aryl methyl sites for hydroxylation is 1. The fraction of sp³-hybridized carbons (Fsp3) is 0.524. The van der Waals surface area contributed by atoms with Crippen molar-refractivity contribution in [3.63, 3.8) is 0 Å². The number of piperidine rings is 1. The minimum atomic E-state index is -0.575. The van der Waals surface area contributed by atoms with E-state index >= 15 is 0 Å². The SMILES string of the molecule is COC(=O)C1C2CN(C)CCC2=CC(c2ccccc2C)C1C(=O)OC. The lowest BCUT2D eigenvalue weighted by atomic mass is 9.63. The Morgan fingerprint density at radius 2 is 1.73 bits per heavy atom. The van der Waals surface area contributed by atoms with Crippen LogP contribution in [-0.4, -0.2) is 51.2 Å². The summed E-state index contributed by atoms with van der Waals surface area (Å²) >= 11 is 0. The molecule has 0 saturated carbocycles. The summed E-state index contributed by atoms with van der Waals surface area (Å²) in [6.45, 7) is 3.75. The molecule has 0 spiro atoms. The minimum Gasteiger partial charge on any atom is -0.469 e. The number of nitrogens with zero attached hydrogens (tertiary/aromatic N) is 1. The first-order chi connectivity index (χ1) is 12.5. The van der Waals surface area contributed by atoms with Gasteiger partial charge in [0, 0.05) is 24.9 Å². The number of fused-ring (bicyclic) bond motifs is 1. The summed E-state index contributed by atoms with van der Waals surface area (Å²) in [6.07, 6.45) is 3.12. The highest BCUT2D eigenvalue weighted by Crippen LogP contribution is 2.47. The molecule has 0 aromatic heterocycles. The molecule has 4 atom stereocenters. The molecular formula is C21H27NO4. The number of carbonyl (C=O) groups excluding carboxylic acids is 2. The van der Waals surface area contributed by atoms with Gasteiger partial charge in [0.15, 0.2) is 0 Å². The molecule has 2 aliphatic rings. The smallest absolute Gasteiger partial charge is 0.310 e. The van der Waals surface area contributed by atoms with Crippen LogP contribution in [-0.2, 0) is 19.1 Å². The van der Waals surface area contributed by atoms with Crippen LogP contribution < -0.4 is 0 Å². The normalized spacial score (nSPS) is 28.7. The van der Waals surface area contributed by atoms with Gasteiger partial charge in [0.2, 0.25) is 0 Å². The van der Waals surface area contributed by atoms with Crippen molar-refractivity contribution in [2.45, 2.75) is 19.3 Å². The zero-order chi connectivity index (χ0) is 18.8. The lowest BCUT2D eigenvalue weighted by Gasteiger charge is -2.44. The first kappa shape index (κ1) is 18.6. The maximum atomic E-state index is 12.8. The minimum absolute atomic E-state index is 0.00873. The highest BCUT2D eigenvalue weighted by atomic mass is 16.5. The zero-order valence-corrected chi connectivity index (χ0v) is 15.9. The second-order valence-electron chi connectivity index (χ2n) is 7.34. The van der Waals surface area contributed by atoms with Crippen molar-refractivity contribution in [2.75, 3.05) is 34.4 Å². The van der Waals surface area contributed by atoms with Gasteiger partial charge in [-0.05, 0) is 31.5 Å². The maximum absolute atomic E-state index is 12.8. The van der Waals surface area contributed by atoms with Gasteiger partial charge >= 0.3 is 11.9 Å². The molecule has 0 bridgehead atoms. The third-order valence-corrected chi connectivity index (χ3v) is 5.86. The number of methoxy groups -OCH3 is 2. The molecule has 1 heterocycles. The summed E-state index contributed by atoms with van der Waals surface area (Å²) in [5.74, 6) is -1.97. The molecule has 1 fully saturated rings. The van der Waals surface area contributed by atoms with Crippen molar-refractivity contribution >= 4 is 11.9 Å². The van der Waals surface area contributed by atoms with Gasteiger partial charge in [0.25, 0.3) is 0 Å². The van der Waals surface area contributed by atoms with Crippen molar-refractivity contribution in [3.8, 4) is 0 Å². The Morgan fingerprint density at radius 1 is 1.08 bits per heavy atom. The summed E-state index contributed by atoms with van der Waals surface area (Å²) < 4.78 is 10.2. The van der Waals surface area contributed by atoms with Crippen LogP contribution >= 0.6 is 0 Å². The zero-order valence-electron chi connectivity index (χ0n) is 15.9. The average Bonchev–Trinajstić information content (AvgIpc) is 2.65. The Bertz CT molecular complexity index is 726. The van der Waals surface area contributed by atoms with E-state index in [0.29, 0.717) is 0 Å². The van der Waals surface area contributed by atoms with Gasteiger partial charge in [-0.2, -0.15) is 0 Å². The fourth-order valence-electron chi connectivity index (χ4n) is 4.53. The summed E-state index contributed by atoms with van der Waals surface area (Å²) in [6, 6.07) is 8.04. The van der Waals surface area contributed by atoms with Crippen molar-refractivity contribution in [2.24, 2.45) is 17.8 Å². The van der Waals surface area contributed by atoms with Crippen LogP contribution in [0.1, 0.15) is 23.5 Å². The molecular weight excluding hydrogens is 330 g/mol. The second kappa shape index (κ2) is 7.62. The van der Waals surface area contributed by atoms with Gasteiger partial charge in [0.1, 0.15) is 0 Å². The molecule has 1 aliphatic carbocycles. The molecule has 1 aromatic carbocycles. The Hall–Kier alpha value is -2.14. The number of benzene rings is 1. The molecule has 1 aliphatic heterocycles. The third-order valence-electron chi connectivity index (χ3n) is 5.86. The number of rotatable bonds is 3. The van der Waals surface area contributed by atoms with E-state index in [1.54, 1.807) is 0 Å². The van der Waals surface area contributed by atoms with E-state index < -0.39 is 11.8 Å². The van der Waals surface area contributed by atoms with E-state index in [-0.39, 0.29) is 23.8 Å². The van der Waals surface area contributed by atoms with Gasteiger partial charge in [-0.3, -0.25) is 9.59 Å². The molecule has 4 unspecified atom stereocenters. The van der Waals surface area contributed by atoms with Gasteiger partial charge < -0.3 is 14.4 Å². The van der Waals surface area contributed by atoms with Gasteiger partial charge in [0.05, 0.1) is 26.1 Å². The van der Waals surface area contributed by atoms with Crippen LogP contribution in [0.25, 0.3) is 0 Å². The summed E-state index contributed by atoms with van der Waals surface area (Å²) in [4.78, 5) is 27.7. The van der Waals surface area contributed by atoms with Crippen LogP contribution in [0.2, 0.25) is 0 Å². The quantitative estimate of drug-likeness (QED) is 0.615. The Balaban J connectivity index is 2.15. The van der Waals surface area contributed by atoms with Crippen LogP contribution in [0.3, 0.4) is 0 Å². The molecule has 3 rings (SSSR count). The van der Waals surface area contributed by atoms with E-state index in [1.807, 2.05) is 38.2 Å². The number of hydrogen-bond donors (Lipinski definition) is 0. The van der Waals surface area contributed by atoms with Crippen LogP contribution in [0.4, 0.5) is 0 Å². The van der Waals surface area contributed by atoms with Crippen molar-refractivity contribution in [3.05, 3.63) is 47.0 Å². The molecule has 5 heteroatoms. The van der Waals surface area contributed by atoms with Gasteiger partial charge in [-0.25, -0.2) is 0 Å². The summed E-state index contributed by atoms with van der Waals surface area (Å²) in [5.41, 5.74) is 3.44. The Kier molecular flexibility index (Phi) is 5.47. The van der Waals surface area contributed by atoms with Gasteiger partial charge in [-0.15, -0.1) is 0 Å². The number of hydrogen-bond acceptors (Lipinski definition) is 5. The number of esters is 2. The number of likely N-dealkylation sites (tertiary alicyclic amines) is 1. The number of carbonyl (C=O) groups is 2. The lowest BCUT2D eigenvalue weighted by Crippen LogP contribution is -2.49. The van der Waals surface area contributed by atoms with Crippen LogP contribution in [0, 0.1) is 24.7 Å². The first-order valence-corrected chi connectivity index (χ1v) is 9.08. The predicted octanol–water partition coefficient (Wildman–Crippen LogP) is 2.55. The van der Waals surface area contributed by atoms with E-state index in [4.69, 9.17) is 9.47 Å². The number of allylic oxidation sites excluding steroid dienone is 1. The highest BCUT2D eigenvalue weighted by molar-refractivity contribution is 5.84. The summed E-state index contributed by atoms with van der Waals surface area (Å²) in [7, 11) is 4.83. The topological polar surface area (TPSA) is 55.8 Å². The van der Waals surface area contributed by atoms with E-state index in [9.17, 15) is 9.59 Å². The first-order valence-electron chi connectivity index (χ1n) is 9.08. The standard InChI is InChI=1S/C21H27NO4/c1-13-7-5-6-8-15(13)16-11-14-9-10-22(2)12-17(14)19(21(24)26-4)18(16)20(23)25-3/h5-8,11,16-19H,9-10,12H2,1-4H3. The molecule has 1 saturated heterocycles. The van der Waals surface area contributed by atoms with Crippen molar-refractivity contribution in [1.82, 2.24) is 4.90 Å². The van der Waals surface area contributed by atoms with Crippen LogP contribution in [0.15, 0.2) is 35.9 Å². The Morgan fingerprint density at radius 3 is 2.38 bits per heavy atom. The molecule has 26 heavy (non-hydrogen) atoms. The third kappa shape index (κ3) is 3.28. The second-order valence-corrected chi connectivity index (χ2v) is 7.34. The average molecular weight is 357 g/mol. The van der Waals surface area contributed by atoms with Gasteiger partial charge in [-0.1, -0.05) is 35.9 Å². The van der Waals surface area contributed by atoms with Crippen molar-refractivity contribution < 1.29 is 19.1 Å². The van der Waals surface area contributed by atoms with Crippen molar-refractivity contribution in [1.29, 1.82) is 0 Å². The summed E-state index contributed by atoms with van der Waals surface area (Å²) in [5, 5.41) is 0. The Labute approximate surface area is 155 Å². The molecule has 1 aromatic rings. The predicted molar refractivity (Wildman–Crippen MR) is 98.6 cm³/mol. The fourth-order valence-corrected chi connectivity index (χ4v) is 4.53. The van der Waals surface area contributed by atoms with E-state index in [0.717, 1.165) is 30.6 Å². The lowest BCUT2D eigenvalue weighted by molar-refractivity contribution is -0.161. The molecule has 0 radical (unpaired) electrons. The maximum Gasteiger partial charge on any atom is 0.310 e. The molecule has 5 nitrogen and oxygen atoms in total. The monoisotopic (exact) mass is 357 g/mol. The number of ether oxygens (including phenoxy) is 2. The molecule has 0 amide bonds. The van der Waals surface area contributed by atoms with Crippen LogP contribution in [0.5, 0.6) is 0 Å². The highest BCUT2D eigenvalue weighted by Gasteiger charge is 2.50. The molecule has 140 valence electrons. The molecule has 0 N–H and O–H groups in total. The van der Waals surface area contributed by atoms with E-state index in [2.05, 4.69) is 11.0 Å². The van der Waals surface area contributed by atoms with E-state index in [1.165, 1.54) is 19.8 Å².